The van der Waals surface area contributed by atoms with Crippen LogP contribution >= 0.6 is 24.8 Å². The van der Waals surface area contributed by atoms with Crippen LogP contribution in [-0.2, 0) is 0 Å². The van der Waals surface area contributed by atoms with Crippen LogP contribution in [0.1, 0.15) is 36.0 Å². The van der Waals surface area contributed by atoms with Crippen LogP contribution in [0.2, 0.25) is 0 Å². The Morgan fingerprint density at radius 2 is 1.74 bits per heavy atom. The Hall–Kier alpha value is -1.82. The number of pyridine rings is 1. The molecule has 5 nitrogen and oxygen atoms in total. The number of hydrogen-bond acceptors (Lipinski definition) is 4. The highest BCUT2D eigenvalue weighted by molar-refractivity contribution is 5.94. The molecule has 2 aliphatic heterocycles. The van der Waals surface area contributed by atoms with Crippen LogP contribution in [0, 0.1) is 0 Å². The van der Waals surface area contributed by atoms with Gasteiger partial charge in [-0.3, -0.25) is 9.78 Å². The molecule has 27 heavy (non-hydrogen) atoms. The molecule has 7 heteroatoms. The number of aromatic nitrogens is 1. The number of nitrogens with one attached hydrogen (secondary N) is 1. The largest absolute Gasteiger partial charge is 0.457 e. The Morgan fingerprint density at radius 3 is 2.41 bits per heavy atom. The topological polar surface area (TPSA) is 54.5 Å². The molecule has 0 spiro atoms. The van der Waals surface area contributed by atoms with Crippen molar-refractivity contribution >= 4 is 30.7 Å². The lowest BCUT2D eigenvalue weighted by molar-refractivity contribution is 0.0681. The minimum Gasteiger partial charge on any atom is -0.457 e. The van der Waals surface area contributed by atoms with Crippen LogP contribution < -0.4 is 10.1 Å². The minimum atomic E-state index is 0. The predicted molar refractivity (Wildman–Crippen MR) is 110 cm³/mol. The molecule has 1 aromatic heterocycles. The van der Waals surface area contributed by atoms with Crippen LogP contribution in [0.25, 0.3) is 0 Å². The van der Waals surface area contributed by atoms with Gasteiger partial charge in [-0.15, -0.1) is 24.8 Å². The average molecular weight is 410 g/mol. The first kappa shape index (κ1) is 21.5. The zero-order valence-electron chi connectivity index (χ0n) is 15.2. The highest BCUT2D eigenvalue weighted by atomic mass is 35.5. The van der Waals surface area contributed by atoms with Crippen molar-refractivity contribution in [2.75, 3.05) is 7.05 Å². The summed E-state index contributed by atoms with van der Waals surface area (Å²) in [5.74, 6) is 1.44. The number of ether oxygens (including phenoxy) is 1. The molecule has 3 heterocycles. The standard InChI is InChI=1S/C20H23N3O2.2ClH/c1-23(17-12-15-5-6-16(13-17)22-15)20(24)14-3-2-4-19(11-14)25-18-7-9-21-10-8-18;;/h2-4,7-11,15-17,22H,5-6,12-13H2,1H3;2*1H. The summed E-state index contributed by atoms with van der Waals surface area (Å²) < 4.78 is 5.82. The number of hydrogen-bond donors (Lipinski definition) is 1. The number of halogens is 2. The lowest BCUT2D eigenvalue weighted by Crippen LogP contribution is -2.48. The first-order valence-corrected chi connectivity index (χ1v) is 8.90. The molecule has 2 aromatic rings. The molecular formula is C20H25Cl2N3O2. The second-order valence-electron chi connectivity index (χ2n) is 6.99. The molecule has 2 aliphatic rings. The van der Waals surface area contributed by atoms with Gasteiger partial charge in [-0.1, -0.05) is 6.07 Å². The molecule has 1 aromatic carbocycles. The number of fused-ring (bicyclic) bond motifs is 2. The Bertz CT molecular complexity index is 748. The van der Waals surface area contributed by atoms with Gasteiger partial charge >= 0.3 is 0 Å². The number of piperidine rings is 1. The van der Waals surface area contributed by atoms with E-state index in [2.05, 4.69) is 10.3 Å². The van der Waals surface area contributed by atoms with E-state index in [-0.39, 0.29) is 30.7 Å². The van der Waals surface area contributed by atoms with E-state index in [0.717, 1.165) is 12.8 Å². The summed E-state index contributed by atoms with van der Waals surface area (Å²) in [6.45, 7) is 0. The molecule has 1 amide bonds. The maximum Gasteiger partial charge on any atom is 0.253 e. The molecule has 2 saturated heterocycles. The number of carbonyl (C=O) groups excluding carboxylic acids is 1. The smallest absolute Gasteiger partial charge is 0.253 e. The fourth-order valence-electron chi connectivity index (χ4n) is 3.95. The lowest BCUT2D eigenvalue weighted by Gasteiger charge is -2.35. The Labute approximate surface area is 172 Å². The van der Waals surface area contributed by atoms with Gasteiger partial charge in [0.05, 0.1) is 0 Å². The van der Waals surface area contributed by atoms with Gasteiger partial charge in [-0.2, -0.15) is 0 Å². The van der Waals surface area contributed by atoms with Crippen LogP contribution in [-0.4, -0.2) is 41.0 Å². The van der Waals surface area contributed by atoms with Crippen LogP contribution in [0.15, 0.2) is 48.8 Å². The van der Waals surface area contributed by atoms with Crippen LogP contribution in [0.3, 0.4) is 0 Å². The van der Waals surface area contributed by atoms with Crippen molar-refractivity contribution in [3.63, 3.8) is 0 Å². The predicted octanol–water partition coefficient (Wildman–Crippen LogP) is 4.07. The molecule has 0 radical (unpaired) electrons. The molecule has 2 unspecified atom stereocenters. The molecule has 2 atom stereocenters. The second kappa shape index (κ2) is 9.40. The third-order valence-electron chi connectivity index (χ3n) is 5.28. The van der Waals surface area contributed by atoms with Gasteiger partial charge in [0.15, 0.2) is 0 Å². The summed E-state index contributed by atoms with van der Waals surface area (Å²) in [4.78, 5) is 18.8. The summed E-state index contributed by atoms with van der Waals surface area (Å²) in [6.07, 6.45) is 7.93. The highest BCUT2D eigenvalue weighted by Crippen LogP contribution is 2.30. The quantitative estimate of drug-likeness (QED) is 0.826. The monoisotopic (exact) mass is 409 g/mol. The van der Waals surface area contributed by atoms with Crippen molar-refractivity contribution in [2.45, 2.75) is 43.8 Å². The van der Waals surface area contributed by atoms with Crippen LogP contribution in [0.5, 0.6) is 11.5 Å². The number of nitrogens with zero attached hydrogens (tertiary/aromatic N) is 2. The maximum atomic E-state index is 12.9. The Balaban J connectivity index is 0.00000131. The first-order chi connectivity index (χ1) is 12.2. The van der Waals surface area contributed by atoms with Gasteiger partial charge in [-0.25, -0.2) is 0 Å². The zero-order valence-corrected chi connectivity index (χ0v) is 16.8. The van der Waals surface area contributed by atoms with Gasteiger partial charge in [-0.05, 0) is 56.0 Å². The maximum absolute atomic E-state index is 12.9. The van der Waals surface area contributed by atoms with E-state index in [1.165, 1.54) is 12.8 Å². The first-order valence-electron chi connectivity index (χ1n) is 8.90. The molecule has 2 fully saturated rings. The van der Waals surface area contributed by atoms with Gasteiger partial charge in [0.25, 0.3) is 5.91 Å². The van der Waals surface area contributed by atoms with Crippen molar-refractivity contribution in [1.82, 2.24) is 15.2 Å². The van der Waals surface area contributed by atoms with E-state index in [4.69, 9.17) is 4.74 Å². The second-order valence-corrected chi connectivity index (χ2v) is 6.99. The van der Waals surface area contributed by atoms with Gasteiger partial charge in [0, 0.05) is 43.1 Å². The highest BCUT2D eigenvalue weighted by Gasteiger charge is 2.36. The molecule has 0 saturated carbocycles. The summed E-state index contributed by atoms with van der Waals surface area (Å²) in [5.41, 5.74) is 0.667. The SMILES string of the molecule is CN(C(=O)c1cccc(Oc2ccncc2)c1)C1CC2CCC(C1)N2.Cl.Cl. The number of amides is 1. The molecule has 4 rings (SSSR count). The minimum absolute atomic E-state index is 0. The Morgan fingerprint density at radius 1 is 1.07 bits per heavy atom. The molecule has 146 valence electrons. The summed E-state index contributed by atoms with van der Waals surface area (Å²) in [5, 5.41) is 3.63. The summed E-state index contributed by atoms with van der Waals surface area (Å²) in [7, 11) is 1.92. The van der Waals surface area contributed by atoms with Gasteiger partial charge in [0.2, 0.25) is 0 Å². The van der Waals surface area contributed by atoms with E-state index >= 15 is 0 Å². The average Bonchev–Trinajstić information content (AvgIpc) is 2.99. The molecule has 0 aliphatic carbocycles. The fraction of sp³-hybridized carbons (Fsp3) is 0.400. The molecular weight excluding hydrogens is 385 g/mol. The third-order valence-corrected chi connectivity index (χ3v) is 5.28. The zero-order chi connectivity index (χ0) is 17.2. The molecule has 2 bridgehead atoms. The fourth-order valence-corrected chi connectivity index (χ4v) is 3.95. The number of benzene rings is 1. The summed E-state index contributed by atoms with van der Waals surface area (Å²) in [6, 6.07) is 12.4. The van der Waals surface area contributed by atoms with Crippen molar-refractivity contribution in [1.29, 1.82) is 0 Å². The van der Waals surface area contributed by atoms with Crippen molar-refractivity contribution in [3.8, 4) is 11.5 Å². The van der Waals surface area contributed by atoms with Crippen molar-refractivity contribution in [3.05, 3.63) is 54.4 Å². The number of rotatable bonds is 4. The van der Waals surface area contributed by atoms with Crippen LogP contribution in [0.4, 0.5) is 0 Å². The van der Waals surface area contributed by atoms with E-state index in [1.54, 1.807) is 24.5 Å². The third kappa shape index (κ3) is 4.92. The van der Waals surface area contributed by atoms with E-state index in [0.29, 0.717) is 35.2 Å². The molecule has 1 N–H and O–H groups in total. The van der Waals surface area contributed by atoms with Crippen molar-refractivity contribution in [2.24, 2.45) is 0 Å². The summed E-state index contributed by atoms with van der Waals surface area (Å²) >= 11 is 0. The van der Waals surface area contributed by atoms with E-state index in [9.17, 15) is 4.79 Å². The number of carbonyl (C=O) groups is 1. The lowest BCUT2D eigenvalue weighted by atomic mass is 9.98. The van der Waals surface area contributed by atoms with Gasteiger partial charge < -0.3 is 15.0 Å². The van der Waals surface area contributed by atoms with E-state index < -0.39 is 0 Å². The van der Waals surface area contributed by atoms with Gasteiger partial charge in [0.1, 0.15) is 11.5 Å². The van der Waals surface area contributed by atoms with E-state index in [1.807, 2.05) is 36.2 Å². The Kier molecular flexibility index (Phi) is 7.48. The normalized spacial score (nSPS) is 22.9. The van der Waals surface area contributed by atoms with Crippen molar-refractivity contribution < 1.29 is 9.53 Å².